The normalized spacial score (nSPS) is 15.1. The first-order chi connectivity index (χ1) is 16.3. The number of piperidine rings is 1. The molecule has 0 aliphatic carbocycles. The van der Waals surface area contributed by atoms with Gasteiger partial charge in [0.15, 0.2) is 17.6 Å². The summed E-state index contributed by atoms with van der Waals surface area (Å²) >= 11 is 0. The maximum atomic E-state index is 12.9. The fourth-order valence-corrected chi connectivity index (χ4v) is 4.19. The van der Waals surface area contributed by atoms with E-state index in [1.807, 2.05) is 29.2 Å². The van der Waals surface area contributed by atoms with Crippen LogP contribution < -0.4 is 19.5 Å². The number of benzene rings is 2. The van der Waals surface area contributed by atoms with Gasteiger partial charge < -0.3 is 24.4 Å². The van der Waals surface area contributed by atoms with Crippen LogP contribution in [0.25, 0.3) is 0 Å². The maximum absolute atomic E-state index is 12.9. The largest absolute Gasteiger partial charge is 0.493 e. The van der Waals surface area contributed by atoms with E-state index >= 15 is 0 Å². The van der Waals surface area contributed by atoms with E-state index in [4.69, 9.17) is 14.2 Å². The minimum atomic E-state index is -0.577. The summed E-state index contributed by atoms with van der Waals surface area (Å²) in [5, 5.41) is 3.03. The summed E-state index contributed by atoms with van der Waals surface area (Å²) in [4.78, 5) is 27.4. The minimum absolute atomic E-state index is 0.0192. The summed E-state index contributed by atoms with van der Waals surface area (Å²) < 4.78 is 16.5. The van der Waals surface area contributed by atoms with Gasteiger partial charge in [-0.1, -0.05) is 32.0 Å². The lowest BCUT2D eigenvalue weighted by Crippen LogP contribution is -2.43. The van der Waals surface area contributed by atoms with Gasteiger partial charge in [-0.3, -0.25) is 9.59 Å². The van der Waals surface area contributed by atoms with Crippen LogP contribution in [0, 0.1) is 5.92 Å². The number of carbonyl (C=O) groups is 2. The zero-order chi connectivity index (χ0) is 24.7. The zero-order valence-corrected chi connectivity index (χ0v) is 20.8. The molecule has 1 atom stereocenters. The predicted molar refractivity (Wildman–Crippen MR) is 132 cm³/mol. The van der Waals surface area contributed by atoms with Gasteiger partial charge in [0.05, 0.1) is 14.2 Å². The number of likely N-dealkylation sites (tertiary alicyclic amines) is 1. The number of rotatable bonds is 9. The van der Waals surface area contributed by atoms with Crippen molar-refractivity contribution < 1.29 is 23.8 Å². The molecule has 34 heavy (non-hydrogen) atoms. The van der Waals surface area contributed by atoms with Crippen molar-refractivity contribution in [2.75, 3.05) is 33.9 Å². The smallest absolute Gasteiger partial charge is 0.260 e. The first-order valence-electron chi connectivity index (χ1n) is 11.9. The number of hydrogen-bond donors (Lipinski definition) is 1. The molecule has 2 amide bonds. The lowest BCUT2D eigenvalue weighted by Gasteiger charge is -2.32. The number of amides is 2. The van der Waals surface area contributed by atoms with Gasteiger partial charge in [0.25, 0.3) is 11.8 Å². The number of hydrogen-bond acceptors (Lipinski definition) is 5. The molecular weight excluding hydrogens is 432 g/mol. The third-order valence-electron chi connectivity index (χ3n) is 6.31. The van der Waals surface area contributed by atoms with Gasteiger partial charge in [-0.2, -0.15) is 0 Å². The highest BCUT2D eigenvalue weighted by molar-refractivity contribution is 5.95. The minimum Gasteiger partial charge on any atom is -0.493 e. The number of nitrogens with zero attached hydrogens (tertiary/aromatic N) is 1. The summed E-state index contributed by atoms with van der Waals surface area (Å²) in [7, 11) is 3.13. The summed E-state index contributed by atoms with van der Waals surface area (Å²) in [6, 6.07) is 13.1. The molecule has 0 saturated carbocycles. The first-order valence-corrected chi connectivity index (χ1v) is 11.9. The number of carbonyl (C=O) groups excluding carboxylic acids is 2. The van der Waals surface area contributed by atoms with Crippen LogP contribution in [0.3, 0.4) is 0 Å². The van der Waals surface area contributed by atoms with Crippen LogP contribution >= 0.6 is 0 Å². The molecule has 1 aliphatic heterocycles. The van der Waals surface area contributed by atoms with Gasteiger partial charge in [0.2, 0.25) is 0 Å². The molecule has 7 heteroatoms. The number of ether oxygens (including phenoxy) is 3. The SMILES string of the molecule is COc1ccc(C(=O)N2CCC(CNC(=O)C(C)Oc3ccccc3C(C)C)CC2)cc1OC. The molecule has 2 aromatic rings. The topological polar surface area (TPSA) is 77.1 Å². The molecular formula is C27H36N2O5. The van der Waals surface area contributed by atoms with Crippen LogP contribution in [0.15, 0.2) is 42.5 Å². The monoisotopic (exact) mass is 468 g/mol. The lowest BCUT2D eigenvalue weighted by molar-refractivity contribution is -0.127. The van der Waals surface area contributed by atoms with E-state index in [0.717, 1.165) is 24.2 Å². The van der Waals surface area contributed by atoms with E-state index < -0.39 is 6.10 Å². The van der Waals surface area contributed by atoms with E-state index in [0.29, 0.717) is 48.5 Å². The second-order valence-electron chi connectivity index (χ2n) is 9.00. The van der Waals surface area contributed by atoms with E-state index in [-0.39, 0.29) is 11.8 Å². The molecule has 0 radical (unpaired) electrons. The summed E-state index contributed by atoms with van der Waals surface area (Å²) in [6.07, 6.45) is 1.10. The number of para-hydroxylation sites is 1. The molecule has 0 bridgehead atoms. The van der Waals surface area contributed by atoms with Crippen molar-refractivity contribution in [1.82, 2.24) is 10.2 Å². The molecule has 2 aromatic carbocycles. The predicted octanol–water partition coefficient (Wildman–Crippen LogP) is 4.26. The Morgan fingerprint density at radius 2 is 1.65 bits per heavy atom. The zero-order valence-electron chi connectivity index (χ0n) is 20.8. The number of methoxy groups -OCH3 is 2. The van der Waals surface area contributed by atoms with Crippen LogP contribution in [-0.2, 0) is 4.79 Å². The number of nitrogens with one attached hydrogen (secondary N) is 1. The molecule has 1 fully saturated rings. The van der Waals surface area contributed by atoms with Crippen molar-refractivity contribution in [3.8, 4) is 17.2 Å². The van der Waals surface area contributed by atoms with Gasteiger partial charge in [-0.25, -0.2) is 0 Å². The van der Waals surface area contributed by atoms with E-state index in [1.54, 1.807) is 39.3 Å². The summed E-state index contributed by atoms with van der Waals surface area (Å²) in [6.45, 7) is 7.88. The second-order valence-corrected chi connectivity index (χ2v) is 9.00. The summed E-state index contributed by atoms with van der Waals surface area (Å²) in [5.74, 6) is 2.39. The van der Waals surface area contributed by atoms with Crippen LogP contribution in [0.2, 0.25) is 0 Å². The van der Waals surface area contributed by atoms with Gasteiger partial charge >= 0.3 is 0 Å². The molecule has 0 aromatic heterocycles. The Hall–Kier alpha value is -3.22. The highest BCUT2D eigenvalue weighted by Gasteiger charge is 2.25. The Balaban J connectivity index is 1.47. The Morgan fingerprint density at radius 3 is 2.29 bits per heavy atom. The Morgan fingerprint density at radius 1 is 0.971 bits per heavy atom. The van der Waals surface area contributed by atoms with Crippen molar-refractivity contribution in [1.29, 1.82) is 0 Å². The highest BCUT2D eigenvalue weighted by atomic mass is 16.5. The Bertz CT molecular complexity index is 983. The van der Waals surface area contributed by atoms with Crippen LogP contribution in [0.4, 0.5) is 0 Å². The Labute approximate surface area is 202 Å². The third kappa shape index (κ3) is 6.22. The quantitative estimate of drug-likeness (QED) is 0.595. The highest BCUT2D eigenvalue weighted by Crippen LogP contribution is 2.29. The first kappa shape index (κ1) is 25.4. The molecule has 1 N–H and O–H groups in total. The Kier molecular flexibility index (Phi) is 8.79. The molecule has 3 rings (SSSR count). The molecule has 1 aliphatic rings. The van der Waals surface area contributed by atoms with Crippen molar-refractivity contribution >= 4 is 11.8 Å². The molecule has 184 valence electrons. The maximum Gasteiger partial charge on any atom is 0.260 e. The molecule has 1 saturated heterocycles. The molecule has 7 nitrogen and oxygen atoms in total. The molecule has 1 unspecified atom stereocenters. The average molecular weight is 469 g/mol. The van der Waals surface area contributed by atoms with Gasteiger partial charge in [-0.05, 0) is 61.4 Å². The van der Waals surface area contributed by atoms with Crippen molar-refractivity contribution in [3.63, 3.8) is 0 Å². The van der Waals surface area contributed by atoms with Crippen LogP contribution in [0.1, 0.15) is 55.5 Å². The van der Waals surface area contributed by atoms with Gasteiger partial charge in [-0.15, -0.1) is 0 Å². The average Bonchev–Trinajstić information content (AvgIpc) is 2.86. The standard InChI is InChI=1S/C27H36N2O5/c1-18(2)22-8-6-7-9-23(22)34-19(3)26(30)28-17-20-12-14-29(15-13-20)27(31)21-10-11-24(32-4)25(16-21)33-5/h6-11,16,18-20H,12-15,17H2,1-5H3,(H,28,30). The van der Waals surface area contributed by atoms with Crippen LogP contribution in [0.5, 0.6) is 17.2 Å². The van der Waals surface area contributed by atoms with E-state index in [9.17, 15) is 9.59 Å². The molecule has 0 spiro atoms. The summed E-state index contributed by atoms with van der Waals surface area (Å²) in [5.41, 5.74) is 1.67. The van der Waals surface area contributed by atoms with E-state index in [2.05, 4.69) is 19.2 Å². The fraction of sp³-hybridized carbons (Fsp3) is 0.481. The van der Waals surface area contributed by atoms with Crippen LogP contribution in [-0.4, -0.2) is 56.7 Å². The van der Waals surface area contributed by atoms with Gasteiger partial charge in [0, 0.05) is 25.2 Å². The van der Waals surface area contributed by atoms with Crippen molar-refractivity contribution in [2.45, 2.75) is 45.6 Å². The van der Waals surface area contributed by atoms with Crippen molar-refractivity contribution in [2.24, 2.45) is 5.92 Å². The lowest BCUT2D eigenvalue weighted by atomic mass is 9.96. The van der Waals surface area contributed by atoms with E-state index in [1.165, 1.54) is 0 Å². The van der Waals surface area contributed by atoms with Gasteiger partial charge in [0.1, 0.15) is 5.75 Å². The second kappa shape index (κ2) is 11.8. The molecule has 1 heterocycles. The fourth-order valence-electron chi connectivity index (χ4n) is 4.19. The third-order valence-corrected chi connectivity index (χ3v) is 6.31. The van der Waals surface area contributed by atoms with Crippen molar-refractivity contribution in [3.05, 3.63) is 53.6 Å².